The molecule has 1 amide bonds. The van der Waals surface area contributed by atoms with Crippen molar-refractivity contribution in [2.45, 2.75) is 76.7 Å². The van der Waals surface area contributed by atoms with Gasteiger partial charge >= 0.3 is 6.18 Å². The molecule has 2 heterocycles. The minimum absolute atomic E-state index is 0.0275. The zero-order chi connectivity index (χ0) is 21.6. The van der Waals surface area contributed by atoms with Gasteiger partial charge in [-0.25, -0.2) is 0 Å². The number of nitrogens with zero attached hydrogens (tertiary/aromatic N) is 1. The molecular weight excluding hydrogens is 381 g/mol. The molecule has 0 radical (unpaired) electrons. The summed E-state index contributed by atoms with van der Waals surface area (Å²) in [4.78, 5) is 14.1. The third kappa shape index (κ3) is 4.04. The molecule has 162 valence electrons. The normalized spacial score (nSPS) is 22.3. The van der Waals surface area contributed by atoms with Crippen molar-refractivity contribution in [2.75, 3.05) is 20.2 Å². The second-order valence-electron chi connectivity index (χ2n) is 9.31. The van der Waals surface area contributed by atoms with Gasteiger partial charge in [0.2, 0.25) is 5.60 Å². The van der Waals surface area contributed by atoms with E-state index >= 15 is 0 Å². The fourth-order valence-electron chi connectivity index (χ4n) is 4.19. The lowest BCUT2D eigenvalue weighted by atomic mass is 9.80. The molecule has 7 heteroatoms. The number of nitrogens with one attached hydrogen (secondary N) is 1. The third-order valence-electron chi connectivity index (χ3n) is 6.32. The van der Waals surface area contributed by atoms with Crippen molar-refractivity contribution < 1.29 is 22.7 Å². The van der Waals surface area contributed by atoms with E-state index in [1.807, 2.05) is 0 Å². The molecule has 1 saturated heterocycles. The summed E-state index contributed by atoms with van der Waals surface area (Å²) in [6.45, 7) is 8.66. The molecule has 0 saturated carbocycles. The quantitative estimate of drug-likeness (QED) is 0.807. The standard InChI is InChI=1S/C22H31F3N2O2/c1-20(2,3)15-11-14-8-10-27(19(28)21(4,29-5)22(23,24)25)13-17(14)16(12-15)18-7-6-9-26-18/h11-12,18,26H,6-10,13H2,1-5H3/t18-,21?/m0/s1. The summed E-state index contributed by atoms with van der Waals surface area (Å²) in [5, 5.41) is 3.50. The van der Waals surface area contributed by atoms with E-state index < -0.39 is 17.7 Å². The average molecular weight is 412 g/mol. The Hall–Kier alpha value is -1.60. The molecule has 1 unspecified atom stereocenters. The monoisotopic (exact) mass is 412 g/mol. The maximum atomic E-state index is 13.5. The Kier molecular flexibility index (Phi) is 5.78. The van der Waals surface area contributed by atoms with Crippen LogP contribution in [0.15, 0.2) is 12.1 Å². The Balaban J connectivity index is 2.00. The highest BCUT2D eigenvalue weighted by atomic mass is 19.4. The van der Waals surface area contributed by atoms with Crippen LogP contribution < -0.4 is 5.32 Å². The van der Waals surface area contributed by atoms with E-state index in [1.54, 1.807) is 0 Å². The molecule has 29 heavy (non-hydrogen) atoms. The van der Waals surface area contributed by atoms with Gasteiger partial charge in [0.05, 0.1) is 0 Å². The smallest absolute Gasteiger partial charge is 0.361 e. The van der Waals surface area contributed by atoms with E-state index in [4.69, 9.17) is 0 Å². The van der Waals surface area contributed by atoms with Gasteiger partial charge in [0.15, 0.2) is 0 Å². The molecule has 1 aromatic rings. The minimum atomic E-state index is -4.77. The molecule has 0 aliphatic carbocycles. The lowest BCUT2D eigenvalue weighted by Gasteiger charge is -2.38. The number of ether oxygens (including phenoxy) is 1. The zero-order valence-corrected chi connectivity index (χ0v) is 17.9. The molecule has 3 rings (SSSR count). The number of amides is 1. The summed E-state index contributed by atoms with van der Waals surface area (Å²) in [5.74, 6) is -1.02. The van der Waals surface area contributed by atoms with Gasteiger partial charge in [0.1, 0.15) is 0 Å². The number of hydrogen-bond acceptors (Lipinski definition) is 3. The molecule has 0 bridgehead atoms. The van der Waals surface area contributed by atoms with Crippen molar-refractivity contribution in [3.05, 3.63) is 34.4 Å². The first-order chi connectivity index (χ1) is 13.4. The number of fused-ring (bicyclic) bond motifs is 1. The van der Waals surface area contributed by atoms with Crippen molar-refractivity contribution in [1.29, 1.82) is 0 Å². The Morgan fingerprint density at radius 2 is 1.90 bits per heavy atom. The van der Waals surface area contributed by atoms with Crippen molar-refractivity contribution in [2.24, 2.45) is 0 Å². The van der Waals surface area contributed by atoms with Gasteiger partial charge in [-0.3, -0.25) is 4.79 Å². The summed E-state index contributed by atoms with van der Waals surface area (Å²) >= 11 is 0. The number of hydrogen-bond donors (Lipinski definition) is 1. The maximum absolute atomic E-state index is 13.5. The number of alkyl halides is 3. The van der Waals surface area contributed by atoms with Gasteiger partial charge in [0, 0.05) is 26.2 Å². The van der Waals surface area contributed by atoms with Crippen molar-refractivity contribution >= 4 is 5.91 Å². The Morgan fingerprint density at radius 1 is 1.21 bits per heavy atom. The second-order valence-corrected chi connectivity index (χ2v) is 9.31. The first-order valence-electron chi connectivity index (χ1n) is 10.2. The topological polar surface area (TPSA) is 41.6 Å². The lowest BCUT2D eigenvalue weighted by Crippen LogP contribution is -2.58. The van der Waals surface area contributed by atoms with Crippen LogP contribution in [-0.4, -0.2) is 42.8 Å². The largest absolute Gasteiger partial charge is 0.426 e. The molecule has 2 aliphatic rings. The van der Waals surface area contributed by atoms with E-state index in [-0.39, 0.29) is 24.5 Å². The Morgan fingerprint density at radius 3 is 2.41 bits per heavy atom. The molecule has 0 spiro atoms. The SMILES string of the molecule is COC(C)(C(=O)N1CCc2cc(C(C)(C)C)cc([C@@H]3CCCN3)c2C1)C(F)(F)F. The van der Waals surface area contributed by atoms with Crippen LogP contribution in [0.25, 0.3) is 0 Å². The van der Waals surface area contributed by atoms with Crippen LogP contribution in [0, 0.1) is 0 Å². The number of methoxy groups -OCH3 is 1. The van der Waals surface area contributed by atoms with Gasteiger partial charge in [0.25, 0.3) is 5.91 Å². The van der Waals surface area contributed by atoms with Gasteiger partial charge in [-0.2, -0.15) is 13.2 Å². The summed E-state index contributed by atoms with van der Waals surface area (Å²) < 4.78 is 45.3. The van der Waals surface area contributed by atoms with E-state index in [2.05, 4.69) is 43.0 Å². The fourth-order valence-corrected chi connectivity index (χ4v) is 4.19. The molecule has 2 aliphatic heterocycles. The van der Waals surface area contributed by atoms with Crippen LogP contribution in [0.4, 0.5) is 13.2 Å². The number of rotatable bonds is 3. The Bertz CT molecular complexity index is 779. The van der Waals surface area contributed by atoms with Gasteiger partial charge in [-0.05, 0) is 60.4 Å². The molecule has 1 aromatic carbocycles. The molecule has 2 atom stereocenters. The first-order valence-corrected chi connectivity index (χ1v) is 10.2. The maximum Gasteiger partial charge on any atom is 0.426 e. The van der Waals surface area contributed by atoms with Crippen LogP contribution in [0.3, 0.4) is 0 Å². The summed E-state index contributed by atoms with van der Waals surface area (Å²) in [7, 11) is 0.937. The number of benzene rings is 1. The Labute approximate surface area is 170 Å². The third-order valence-corrected chi connectivity index (χ3v) is 6.32. The lowest BCUT2D eigenvalue weighted by molar-refractivity contribution is -0.258. The fraction of sp³-hybridized carbons (Fsp3) is 0.682. The van der Waals surface area contributed by atoms with Gasteiger partial charge < -0.3 is 15.0 Å². The zero-order valence-electron chi connectivity index (χ0n) is 17.9. The molecule has 1 N–H and O–H groups in total. The predicted octanol–water partition coefficient (Wildman–Crippen LogP) is 4.26. The average Bonchev–Trinajstić information content (AvgIpc) is 3.18. The highest BCUT2D eigenvalue weighted by Crippen LogP contribution is 2.39. The van der Waals surface area contributed by atoms with Gasteiger partial charge in [-0.15, -0.1) is 0 Å². The number of carbonyl (C=O) groups is 1. The molecule has 4 nitrogen and oxygen atoms in total. The summed E-state index contributed by atoms with van der Waals surface area (Å²) in [6.07, 6.45) is -2.17. The van der Waals surface area contributed by atoms with Crippen LogP contribution >= 0.6 is 0 Å². The minimum Gasteiger partial charge on any atom is -0.361 e. The molecular formula is C22H31F3N2O2. The molecule has 0 aromatic heterocycles. The van der Waals surface area contributed by atoms with Crippen molar-refractivity contribution in [3.8, 4) is 0 Å². The second kappa shape index (κ2) is 7.58. The van der Waals surface area contributed by atoms with Gasteiger partial charge in [-0.1, -0.05) is 32.9 Å². The van der Waals surface area contributed by atoms with Crippen LogP contribution in [-0.2, 0) is 27.9 Å². The molecule has 1 fully saturated rings. The van der Waals surface area contributed by atoms with E-state index in [0.717, 1.165) is 50.1 Å². The predicted molar refractivity (Wildman–Crippen MR) is 106 cm³/mol. The van der Waals surface area contributed by atoms with E-state index in [9.17, 15) is 18.0 Å². The summed E-state index contributed by atoms with van der Waals surface area (Å²) in [5.41, 5.74) is 1.60. The summed E-state index contributed by atoms with van der Waals surface area (Å²) in [6, 6.07) is 4.52. The van der Waals surface area contributed by atoms with Crippen molar-refractivity contribution in [1.82, 2.24) is 10.2 Å². The van der Waals surface area contributed by atoms with E-state index in [1.165, 1.54) is 10.5 Å². The highest BCUT2D eigenvalue weighted by molar-refractivity contribution is 5.86. The first kappa shape index (κ1) is 22.1. The van der Waals surface area contributed by atoms with Crippen LogP contribution in [0.5, 0.6) is 0 Å². The van der Waals surface area contributed by atoms with E-state index in [0.29, 0.717) is 6.42 Å². The highest BCUT2D eigenvalue weighted by Gasteiger charge is 2.59. The number of halogens is 3. The van der Waals surface area contributed by atoms with Crippen LogP contribution in [0.1, 0.15) is 68.8 Å². The van der Waals surface area contributed by atoms with Crippen LogP contribution in [0.2, 0.25) is 0 Å². The number of carbonyl (C=O) groups excluding carboxylic acids is 1. The van der Waals surface area contributed by atoms with Crippen molar-refractivity contribution in [3.63, 3.8) is 0 Å².